The molecule has 2 aromatic rings. The van der Waals surface area contributed by atoms with Crippen LogP contribution in [0.5, 0.6) is 11.5 Å². The Morgan fingerprint density at radius 2 is 2.10 bits per heavy atom. The number of nitrogens with one attached hydrogen (secondary N) is 1. The summed E-state index contributed by atoms with van der Waals surface area (Å²) in [4.78, 5) is 9.14. The summed E-state index contributed by atoms with van der Waals surface area (Å²) in [6.07, 6.45) is 3.43. The molecule has 7 nitrogen and oxygen atoms in total. The molecule has 2 aliphatic rings. The minimum atomic E-state index is -0.215. The van der Waals surface area contributed by atoms with E-state index in [9.17, 15) is 5.11 Å². The molecule has 0 unspecified atom stereocenters. The van der Waals surface area contributed by atoms with Crippen molar-refractivity contribution < 1.29 is 14.6 Å². The van der Waals surface area contributed by atoms with Gasteiger partial charge in [0.15, 0.2) is 0 Å². The van der Waals surface area contributed by atoms with E-state index in [0.29, 0.717) is 28.2 Å². The van der Waals surface area contributed by atoms with Crippen LogP contribution in [0.2, 0.25) is 0 Å². The SMILES string of the molecule is COc1ccc(OC)c(-c2csc(C3=C(O)[C@@H](C)N(CC[C@H]4CCCN4C)C3=N)n2)c1. The maximum atomic E-state index is 10.9. The molecule has 166 valence electrons. The van der Waals surface area contributed by atoms with Gasteiger partial charge in [-0.2, -0.15) is 0 Å². The summed E-state index contributed by atoms with van der Waals surface area (Å²) in [5, 5.41) is 22.2. The Morgan fingerprint density at radius 3 is 2.77 bits per heavy atom. The second-order valence-corrected chi connectivity index (χ2v) is 9.01. The lowest BCUT2D eigenvalue weighted by molar-refractivity contribution is 0.242. The zero-order valence-corrected chi connectivity index (χ0v) is 19.3. The zero-order valence-electron chi connectivity index (χ0n) is 18.5. The first-order valence-corrected chi connectivity index (χ1v) is 11.5. The van der Waals surface area contributed by atoms with Crippen molar-refractivity contribution in [2.45, 2.75) is 38.3 Å². The maximum Gasteiger partial charge on any atom is 0.135 e. The molecule has 0 aliphatic carbocycles. The number of rotatable bonds is 7. The van der Waals surface area contributed by atoms with Crippen molar-refractivity contribution >= 4 is 22.7 Å². The van der Waals surface area contributed by atoms with Crippen LogP contribution in [0, 0.1) is 5.41 Å². The van der Waals surface area contributed by atoms with Gasteiger partial charge in [0, 0.05) is 23.5 Å². The van der Waals surface area contributed by atoms with E-state index in [2.05, 4.69) is 11.9 Å². The van der Waals surface area contributed by atoms with Gasteiger partial charge >= 0.3 is 0 Å². The van der Waals surface area contributed by atoms with Gasteiger partial charge in [-0.05, 0) is 58.0 Å². The molecule has 1 aromatic carbocycles. The molecule has 0 radical (unpaired) electrons. The number of nitrogens with zero attached hydrogens (tertiary/aromatic N) is 3. The van der Waals surface area contributed by atoms with Crippen molar-refractivity contribution in [3.05, 3.63) is 34.3 Å². The summed E-state index contributed by atoms with van der Waals surface area (Å²) >= 11 is 1.43. The van der Waals surface area contributed by atoms with Gasteiger partial charge in [-0.15, -0.1) is 11.3 Å². The van der Waals surface area contributed by atoms with Gasteiger partial charge < -0.3 is 24.4 Å². The van der Waals surface area contributed by atoms with E-state index in [1.165, 1.54) is 24.2 Å². The summed E-state index contributed by atoms with van der Waals surface area (Å²) in [5.41, 5.74) is 2.09. The maximum absolute atomic E-state index is 10.9. The quantitative estimate of drug-likeness (QED) is 0.667. The molecule has 1 fully saturated rings. The van der Waals surface area contributed by atoms with Gasteiger partial charge in [0.2, 0.25) is 0 Å². The lowest BCUT2D eigenvalue weighted by Crippen LogP contribution is -2.37. The molecule has 1 saturated heterocycles. The fraction of sp³-hybridized carbons (Fsp3) is 0.478. The van der Waals surface area contributed by atoms with E-state index < -0.39 is 0 Å². The summed E-state index contributed by atoms with van der Waals surface area (Å²) in [6.45, 7) is 3.85. The van der Waals surface area contributed by atoms with Gasteiger partial charge in [-0.25, -0.2) is 4.98 Å². The van der Waals surface area contributed by atoms with Crippen LogP contribution < -0.4 is 9.47 Å². The van der Waals surface area contributed by atoms with E-state index >= 15 is 0 Å². The number of methoxy groups -OCH3 is 2. The van der Waals surface area contributed by atoms with Gasteiger partial charge in [-0.3, -0.25) is 5.41 Å². The summed E-state index contributed by atoms with van der Waals surface area (Å²) < 4.78 is 10.8. The van der Waals surface area contributed by atoms with Crippen molar-refractivity contribution in [3.8, 4) is 22.8 Å². The second kappa shape index (κ2) is 8.88. The molecule has 3 heterocycles. The van der Waals surface area contributed by atoms with Crippen molar-refractivity contribution in [1.29, 1.82) is 5.41 Å². The van der Waals surface area contributed by atoms with E-state index in [-0.39, 0.29) is 11.8 Å². The van der Waals surface area contributed by atoms with Crippen molar-refractivity contribution in [1.82, 2.24) is 14.8 Å². The predicted octanol–water partition coefficient (Wildman–Crippen LogP) is 4.26. The van der Waals surface area contributed by atoms with Crippen LogP contribution in [0.3, 0.4) is 0 Å². The molecule has 2 N–H and O–H groups in total. The lowest BCUT2D eigenvalue weighted by atomic mass is 10.1. The van der Waals surface area contributed by atoms with Gasteiger partial charge in [-0.1, -0.05) is 0 Å². The standard InChI is InChI=1S/C23H30N4O3S/c1-14-21(28)20(22(24)27(14)11-9-15-6-5-10-26(15)2)23-25-18(13-31-23)17-12-16(29-3)7-8-19(17)30-4/h7-8,12-15,24,28H,5-6,9-11H2,1-4H3/t14-,15-/m1/s1. The monoisotopic (exact) mass is 442 g/mol. The first kappa shape index (κ1) is 21.6. The zero-order chi connectivity index (χ0) is 22.1. The second-order valence-electron chi connectivity index (χ2n) is 8.15. The van der Waals surface area contributed by atoms with E-state index in [1.807, 2.05) is 35.4 Å². The van der Waals surface area contributed by atoms with E-state index in [1.54, 1.807) is 14.2 Å². The van der Waals surface area contributed by atoms with Crippen molar-refractivity contribution in [3.63, 3.8) is 0 Å². The van der Waals surface area contributed by atoms with Crippen LogP contribution >= 0.6 is 11.3 Å². The number of aliphatic hydroxyl groups excluding tert-OH is 1. The highest BCUT2D eigenvalue weighted by atomic mass is 32.1. The third kappa shape index (κ3) is 4.02. The van der Waals surface area contributed by atoms with Crippen LogP contribution in [-0.2, 0) is 0 Å². The molecule has 4 rings (SSSR count). The number of ether oxygens (including phenoxy) is 2. The number of aliphatic hydroxyl groups is 1. The Labute approximate surface area is 187 Å². The molecule has 2 atom stereocenters. The summed E-state index contributed by atoms with van der Waals surface area (Å²) in [7, 11) is 5.42. The van der Waals surface area contributed by atoms with Gasteiger partial charge in [0.05, 0.1) is 31.5 Å². The molecule has 0 amide bonds. The highest BCUT2D eigenvalue weighted by molar-refractivity contribution is 7.11. The van der Waals surface area contributed by atoms with Gasteiger partial charge in [0.25, 0.3) is 0 Å². The number of aromatic nitrogens is 1. The molecule has 0 saturated carbocycles. The minimum absolute atomic E-state index is 0.215. The lowest BCUT2D eigenvalue weighted by Gasteiger charge is -2.27. The van der Waals surface area contributed by atoms with Crippen LogP contribution in [0.15, 0.2) is 29.3 Å². The fourth-order valence-electron chi connectivity index (χ4n) is 4.49. The molecule has 0 spiro atoms. The van der Waals surface area contributed by atoms with Crippen LogP contribution in [-0.4, -0.2) is 72.2 Å². The number of amidine groups is 1. The third-order valence-electron chi connectivity index (χ3n) is 6.42. The van der Waals surface area contributed by atoms with Crippen LogP contribution in [0.25, 0.3) is 16.8 Å². The number of hydrogen-bond donors (Lipinski definition) is 2. The highest BCUT2D eigenvalue weighted by Gasteiger charge is 2.36. The summed E-state index contributed by atoms with van der Waals surface area (Å²) in [6, 6.07) is 5.92. The van der Waals surface area contributed by atoms with E-state index in [0.717, 1.165) is 36.5 Å². The topological polar surface area (TPSA) is 81.9 Å². The number of likely N-dealkylation sites (tertiary alicyclic amines) is 1. The van der Waals surface area contributed by atoms with Gasteiger partial charge in [0.1, 0.15) is 28.1 Å². The smallest absolute Gasteiger partial charge is 0.135 e. The number of benzene rings is 1. The van der Waals surface area contributed by atoms with Crippen LogP contribution in [0.4, 0.5) is 0 Å². The largest absolute Gasteiger partial charge is 0.509 e. The molecule has 31 heavy (non-hydrogen) atoms. The first-order valence-electron chi connectivity index (χ1n) is 10.6. The Bertz CT molecular complexity index is 1000. The molecule has 8 heteroatoms. The summed E-state index contributed by atoms with van der Waals surface area (Å²) in [5.74, 6) is 2.00. The average molecular weight is 443 g/mol. The third-order valence-corrected chi connectivity index (χ3v) is 7.28. The fourth-order valence-corrected chi connectivity index (χ4v) is 5.36. The van der Waals surface area contributed by atoms with Crippen LogP contribution in [0.1, 0.15) is 31.2 Å². The Hall–Kier alpha value is -2.58. The molecular formula is C23H30N4O3S. The molecular weight excluding hydrogens is 412 g/mol. The average Bonchev–Trinajstić information content (AvgIpc) is 3.46. The molecule has 1 aromatic heterocycles. The highest BCUT2D eigenvalue weighted by Crippen LogP contribution is 2.38. The predicted molar refractivity (Wildman–Crippen MR) is 124 cm³/mol. The normalized spacial score (nSPS) is 21.9. The Balaban J connectivity index is 1.56. The van der Waals surface area contributed by atoms with Crippen molar-refractivity contribution in [2.24, 2.45) is 0 Å². The molecule has 0 bridgehead atoms. The minimum Gasteiger partial charge on any atom is -0.509 e. The number of thiazole rings is 1. The van der Waals surface area contributed by atoms with E-state index in [4.69, 9.17) is 19.9 Å². The first-order chi connectivity index (χ1) is 14.9. The number of hydrogen-bond acceptors (Lipinski definition) is 7. The van der Waals surface area contributed by atoms with Crippen molar-refractivity contribution in [2.75, 3.05) is 34.4 Å². The molecule has 2 aliphatic heterocycles. The Morgan fingerprint density at radius 1 is 1.29 bits per heavy atom. The Kier molecular flexibility index (Phi) is 6.20.